The first-order valence-electron chi connectivity index (χ1n) is 6.97. The fourth-order valence-corrected chi connectivity index (χ4v) is 2.44. The van der Waals surface area contributed by atoms with Crippen molar-refractivity contribution in [1.29, 1.82) is 0 Å². The third kappa shape index (κ3) is 3.02. The number of carbonyl (C=O) groups is 1. The van der Waals surface area contributed by atoms with Crippen molar-refractivity contribution in [3.8, 4) is 0 Å². The van der Waals surface area contributed by atoms with Crippen molar-refractivity contribution in [1.82, 2.24) is 14.8 Å². The Bertz CT molecular complexity index is 603. The van der Waals surface area contributed by atoms with Gasteiger partial charge in [0.2, 0.25) is 5.91 Å². The molecule has 0 spiro atoms. The number of aromatic nitrogens is 1. The summed E-state index contributed by atoms with van der Waals surface area (Å²) in [4.78, 5) is 13.7. The number of amides is 1. The number of aryl methyl sites for hydroxylation is 1. The Morgan fingerprint density at radius 2 is 2.10 bits per heavy atom. The third-order valence-electron chi connectivity index (χ3n) is 3.97. The van der Waals surface area contributed by atoms with Crippen LogP contribution in [0.5, 0.6) is 0 Å². The zero-order valence-electron chi connectivity index (χ0n) is 12.7. The number of carbonyl (C=O) groups excluding carboxylic acids is 1. The molecule has 4 nitrogen and oxygen atoms in total. The molecule has 0 radical (unpaired) electrons. The van der Waals surface area contributed by atoms with E-state index in [1.807, 2.05) is 0 Å². The highest BCUT2D eigenvalue weighted by Gasteiger charge is 2.15. The zero-order valence-corrected chi connectivity index (χ0v) is 12.7. The normalized spacial score (nSPS) is 12.8. The first kappa shape index (κ1) is 14.6. The van der Waals surface area contributed by atoms with Gasteiger partial charge in [-0.1, -0.05) is 18.2 Å². The van der Waals surface area contributed by atoms with Gasteiger partial charge in [-0.3, -0.25) is 9.69 Å². The quantitative estimate of drug-likeness (QED) is 0.906. The van der Waals surface area contributed by atoms with Gasteiger partial charge in [0, 0.05) is 44.3 Å². The van der Waals surface area contributed by atoms with Crippen molar-refractivity contribution < 1.29 is 4.79 Å². The summed E-state index contributed by atoms with van der Waals surface area (Å²) in [6, 6.07) is 10.8. The highest BCUT2D eigenvalue weighted by atomic mass is 16.1. The summed E-state index contributed by atoms with van der Waals surface area (Å²) >= 11 is 0. The Hall–Kier alpha value is -1.81. The van der Waals surface area contributed by atoms with Gasteiger partial charge in [0.1, 0.15) is 0 Å². The van der Waals surface area contributed by atoms with Crippen molar-refractivity contribution >= 4 is 16.8 Å². The fourth-order valence-electron chi connectivity index (χ4n) is 2.44. The zero-order chi connectivity index (χ0) is 14.7. The van der Waals surface area contributed by atoms with Crippen LogP contribution in [0.1, 0.15) is 19.0 Å². The lowest BCUT2D eigenvalue weighted by atomic mass is 10.2. The Morgan fingerprint density at radius 3 is 2.75 bits per heavy atom. The van der Waals surface area contributed by atoms with Crippen molar-refractivity contribution in [2.45, 2.75) is 25.9 Å². The number of nitrogens with zero attached hydrogens (tertiary/aromatic N) is 2. The molecule has 2 rings (SSSR count). The topological polar surface area (TPSA) is 37.3 Å². The summed E-state index contributed by atoms with van der Waals surface area (Å²) in [6.07, 6.45) is 0.525. The number of fused-ring (bicyclic) bond motifs is 1. The molecule has 2 aromatic rings. The minimum Gasteiger partial charge on any atom is -0.359 e. The molecule has 1 unspecified atom stereocenters. The smallest absolute Gasteiger partial charge is 0.221 e. The van der Waals surface area contributed by atoms with E-state index in [0.29, 0.717) is 6.42 Å². The predicted octanol–water partition coefficient (Wildman–Crippen LogP) is 2.13. The molecule has 1 heterocycles. The summed E-state index contributed by atoms with van der Waals surface area (Å²) < 4.78 is 2.22. The van der Waals surface area contributed by atoms with E-state index in [9.17, 15) is 4.79 Å². The van der Waals surface area contributed by atoms with E-state index < -0.39 is 0 Å². The van der Waals surface area contributed by atoms with E-state index in [4.69, 9.17) is 0 Å². The van der Waals surface area contributed by atoms with E-state index in [1.54, 1.807) is 7.05 Å². The number of para-hydroxylation sites is 1. The van der Waals surface area contributed by atoms with Crippen molar-refractivity contribution in [3.05, 3.63) is 36.0 Å². The van der Waals surface area contributed by atoms with Gasteiger partial charge in [-0.2, -0.15) is 0 Å². The standard InChI is InChI=1S/C16H23N3O/c1-12(9-16(20)17-2)18(3)11-14-10-13-7-5-6-8-15(13)19(14)4/h5-8,10,12H,9,11H2,1-4H3,(H,17,20). The van der Waals surface area contributed by atoms with E-state index >= 15 is 0 Å². The van der Waals surface area contributed by atoms with Gasteiger partial charge in [-0.25, -0.2) is 0 Å². The minimum atomic E-state index is 0.0846. The molecule has 1 aromatic carbocycles. The van der Waals surface area contributed by atoms with Crippen LogP contribution in [0.3, 0.4) is 0 Å². The SMILES string of the molecule is CNC(=O)CC(C)N(C)Cc1cc2ccccc2n1C. The number of rotatable bonds is 5. The van der Waals surface area contributed by atoms with Crippen LogP contribution in [0.25, 0.3) is 10.9 Å². The lowest BCUT2D eigenvalue weighted by Gasteiger charge is -2.24. The molecular formula is C16H23N3O. The van der Waals surface area contributed by atoms with Crippen LogP contribution in [-0.2, 0) is 18.4 Å². The van der Waals surface area contributed by atoms with Crippen LogP contribution < -0.4 is 5.32 Å². The summed E-state index contributed by atoms with van der Waals surface area (Å²) in [5.41, 5.74) is 2.51. The predicted molar refractivity (Wildman–Crippen MR) is 82.5 cm³/mol. The molecule has 1 aromatic heterocycles. The van der Waals surface area contributed by atoms with E-state index in [-0.39, 0.29) is 11.9 Å². The lowest BCUT2D eigenvalue weighted by Crippen LogP contribution is -2.34. The number of benzene rings is 1. The number of nitrogens with one attached hydrogen (secondary N) is 1. The van der Waals surface area contributed by atoms with Gasteiger partial charge in [-0.05, 0) is 31.5 Å². The van der Waals surface area contributed by atoms with Crippen LogP contribution in [0.15, 0.2) is 30.3 Å². The van der Waals surface area contributed by atoms with Crippen molar-refractivity contribution in [2.24, 2.45) is 7.05 Å². The highest BCUT2D eigenvalue weighted by molar-refractivity contribution is 5.81. The van der Waals surface area contributed by atoms with Gasteiger partial charge < -0.3 is 9.88 Å². The van der Waals surface area contributed by atoms with Crippen LogP contribution in [0, 0.1) is 0 Å². The largest absolute Gasteiger partial charge is 0.359 e. The van der Waals surface area contributed by atoms with Gasteiger partial charge in [0.15, 0.2) is 0 Å². The lowest BCUT2D eigenvalue weighted by molar-refractivity contribution is -0.121. The number of hydrogen-bond donors (Lipinski definition) is 1. The first-order valence-corrected chi connectivity index (χ1v) is 6.97. The molecule has 4 heteroatoms. The first-order chi connectivity index (χ1) is 9.52. The molecular weight excluding hydrogens is 250 g/mol. The molecule has 0 aliphatic heterocycles. The van der Waals surface area contributed by atoms with Crippen LogP contribution in [-0.4, -0.2) is 35.5 Å². The molecule has 0 aliphatic carbocycles. The molecule has 0 fully saturated rings. The molecule has 0 aliphatic rings. The second-order valence-electron chi connectivity index (χ2n) is 5.39. The molecule has 1 amide bonds. The summed E-state index contributed by atoms with van der Waals surface area (Å²) in [5, 5.41) is 3.94. The van der Waals surface area contributed by atoms with Gasteiger partial charge in [0.25, 0.3) is 0 Å². The summed E-state index contributed by atoms with van der Waals surface area (Å²) in [6.45, 7) is 2.92. The van der Waals surface area contributed by atoms with Crippen molar-refractivity contribution in [3.63, 3.8) is 0 Å². The Labute approximate surface area is 120 Å². The second-order valence-corrected chi connectivity index (χ2v) is 5.39. The van der Waals surface area contributed by atoms with Crippen LogP contribution in [0.2, 0.25) is 0 Å². The Kier molecular flexibility index (Phi) is 4.45. The maximum atomic E-state index is 11.4. The molecule has 20 heavy (non-hydrogen) atoms. The maximum Gasteiger partial charge on any atom is 0.221 e. The van der Waals surface area contributed by atoms with E-state index in [2.05, 4.69) is 66.1 Å². The van der Waals surface area contributed by atoms with Gasteiger partial charge >= 0.3 is 0 Å². The van der Waals surface area contributed by atoms with Gasteiger partial charge in [-0.15, -0.1) is 0 Å². The van der Waals surface area contributed by atoms with E-state index in [1.165, 1.54) is 16.6 Å². The third-order valence-corrected chi connectivity index (χ3v) is 3.97. The van der Waals surface area contributed by atoms with Crippen LogP contribution in [0.4, 0.5) is 0 Å². The summed E-state index contributed by atoms with van der Waals surface area (Å²) in [5.74, 6) is 0.0846. The minimum absolute atomic E-state index is 0.0846. The highest BCUT2D eigenvalue weighted by Crippen LogP contribution is 2.20. The average molecular weight is 273 g/mol. The molecule has 1 atom stereocenters. The fraction of sp³-hybridized carbons (Fsp3) is 0.438. The molecule has 1 N–H and O–H groups in total. The van der Waals surface area contributed by atoms with Crippen LogP contribution >= 0.6 is 0 Å². The number of hydrogen-bond acceptors (Lipinski definition) is 2. The van der Waals surface area contributed by atoms with Crippen molar-refractivity contribution in [2.75, 3.05) is 14.1 Å². The molecule has 0 bridgehead atoms. The monoisotopic (exact) mass is 273 g/mol. The van der Waals surface area contributed by atoms with E-state index in [0.717, 1.165) is 6.54 Å². The molecule has 0 saturated heterocycles. The maximum absolute atomic E-state index is 11.4. The molecule has 0 saturated carbocycles. The Morgan fingerprint density at radius 1 is 1.40 bits per heavy atom. The summed E-state index contributed by atoms with van der Waals surface area (Å²) in [7, 11) is 5.83. The average Bonchev–Trinajstić information content (AvgIpc) is 2.75. The Balaban J connectivity index is 2.11. The van der Waals surface area contributed by atoms with Gasteiger partial charge in [0.05, 0.1) is 0 Å². The second kappa shape index (κ2) is 6.09. The molecule has 108 valence electrons.